The smallest absolute Gasteiger partial charge is 0.319 e. The quantitative estimate of drug-likeness (QED) is 0.799. The molecule has 0 aromatic heterocycles. The molecule has 0 aliphatic rings. The maximum absolute atomic E-state index is 11.6. The lowest BCUT2D eigenvalue weighted by molar-refractivity contribution is 0.187. The molecule has 0 saturated heterocycles. The van der Waals surface area contributed by atoms with Crippen LogP contribution in [0, 0.1) is 0 Å². The summed E-state index contributed by atoms with van der Waals surface area (Å²) >= 11 is 3.33. The lowest BCUT2D eigenvalue weighted by Crippen LogP contribution is -2.48. The number of carbonyl (C=O) groups is 1. The Morgan fingerprint density at radius 3 is 2.62 bits per heavy atom. The van der Waals surface area contributed by atoms with Gasteiger partial charge in [-0.05, 0) is 41.9 Å². The van der Waals surface area contributed by atoms with Gasteiger partial charge in [0.25, 0.3) is 0 Å². The molecular weight excluding hydrogens is 272 g/mol. The van der Waals surface area contributed by atoms with Crippen molar-refractivity contribution in [3.63, 3.8) is 0 Å². The van der Waals surface area contributed by atoms with Crippen LogP contribution in [0.25, 0.3) is 0 Å². The average molecular weight is 287 g/mol. The molecule has 2 amide bonds. The van der Waals surface area contributed by atoms with Crippen LogP contribution in [0.2, 0.25) is 0 Å². The van der Waals surface area contributed by atoms with Crippen molar-refractivity contribution in [1.29, 1.82) is 0 Å². The summed E-state index contributed by atoms with van der Waals surface area (Å²) < 4.78 is 0.812. The van der Waals surface area contributed by atoms with Crippen LogP contribution in [-0.2, 0) is 0 Å². The number of carbonyl (C=O) groups excluding carboxylic acids is 1. The van der Waals surface area contributed by atoms with Crippen molar-refractivity contribution < 1.29 is 9.90 Å². The Kier molecular flexibility index (Phi) is 4.32. The van der Waals surface area contributed by atoms with Crippen LogP contribution < -0.4 is 10.6 Å². The Hall–Kier alpha value is -1.07. The van der Waals surface area contributed by atoms with Crippen LogP contribution in [0.1, 0.15) is 13.8 Å². The number of halogens is 1. The molecule has 0 aliphatic carbocycles. The molecule has 0 fully saturated rings. The number of amides is 2. The summed E-state index contributed by atoms with van der Waals surface area (Å²) in [6.07, 6.45) is 0. The van der Waals surface area contributed by atoms with Gasteiger partial charge in [0, 0.05) is 4.47 Å². The molecule has 0 aliphatic heterocycles. The van der Waals surface area contributed by atoms with Crippen LogP contribution in [0.4, 0.5) is 10.5 Å². The zero-order valence-electron chi connectivity index (χ0n) is 9.25. The highest BCUT2D eigenvalue weighted by Crippen LogP contribution is 2.21. The number of aliphatic hydroxyl groups excluding tert-OH is 1. The molecule has 88 valence electrons. The van der Waals surface area contributed by atoms with Crippen LogP contribution in [-0.4, -0.2) is 23.3 Å². The minimum atomic E-state index is -0.634. The molecule has 3 N–H and O–H groups in total. The number of urea groups is 1. The molecular formula is C11H15BrN2O2. The van der Waals surface area contributed by atoms with Gasteiger partial charge in [-0.2, -0.15) is 0 Å². The Balaban J connectivity index is 2.62. The van der Waals surface area contributed by atoms with Crippen LogP contribution in [0.5, 0.6) is 0 Å². The van der Waals surface area contributed by atoms with Gasteiger partial charge >= 0.3 is 6.03 Å². The van der Waals surface area contributed by atoms with Crippen molar-refractivity contribution in [2.75, 3.05) is 11.9 Å². The van der Waals surface area contributed by atoms with E-state index in [2.05, 4.69) is 26.6 Å². The molecule has 16 heavy (non-hydrogen) atoms. The Labute approximate surface area is 103 Å². The van der Waals surface area contributed by atoms with E-state index in [9.17, 15) is 4.79 Å². The minimum absolute atomic E-state index is 0.115. The molecule has 0 saturated carbocycles. The fourth-order valence-corrected chi connectivity index (χ4v) is 1.45. The Morgan fingerprint density at radius 2 is 2.06 bits per heavy atom. The van der Waals surface area contributed by atoms with Gasteiger partial charge in [0.2, 0.25) is 0 Å². The van der Waals surface area contributed by atoms with E-state index in [0.717, 1.165) is 4.47 Å². The molecule has 0 bridgehead atoms. The second-order valence-electron chi connectivity index (χ2n) is 4.10. The van der Waals surface area contributed by atoms with Gasteiger partial charge in [-0.25, -0.2) is 4.79 Å². The van der Waals surface area contributed by atoms with Crippen molar-refractivity contribution in [2.24, 2.45) is 0 Å². The van der Waals surface area contributed by atoms with Crippen molar-refractivity contribution in [3.05, 3.63) is 28.7 Å². The number of nitrogens with one attached hydrogen (secondary N) is 2. The third-order valence-electron chi connectivity index (χ3n) is 1.97. The summed E-state index contributed by atoms with van der Waals surface area (Å²) in [6.45, 7) is 3.37. The molecule has 0 spiro atoms. The SMILES string of the molecule is CC(C)(CO)NC(=O)Nc1ccccc1Br. The van der Waals surface area contributed by atoms with Crippen LogP contribution in [0.15, 0.2) is 28.7 Å². The molecule has 0 heterocycles. The van der Waals surface area contributed by atoms with Crippen LogP contribution in [0.3, 0.4) is 0 Å². The number of rotatable bonds is 3. The van der Waals surface area contributed by atoms with E-state index in [1.54, 1.807) is 19.9 Å². The maximum atomic E-state index is 11.6. The second-order valence-corrected chi connectivity index (χ2v) is 4.96. The maximum Gasteiger partial charge on any atom is 0.319 e. The molecule has 5 heteroatoms. The lowest BCUT2D eigenvalue weighted by atomic mass is 10.1. The molecule has 0 atom stereocenters. The molecule has 1 rings (SSSR count). The molecule has 4 nitrogen and oxygen atoms in total. The highest BCUT2D eigenvalue weighted by molar-refractivity contribution is 9.10. The number of hydrogen-bond acceptors (Lipinski definition) is 2. The molecule has 1 aromatic rings. The van der Waals surface area contributed by atoms with Crippen molar-refractivity contribution >= 4 is 27.6 Å². The fraction of sp³-hybridized carbons (Fsp3) is 0.364. The van der Waals surface area contributed by atoms with Gasteiger partial charge in [0.05, 0.1) is 17.8 Å². The van der Waals surface area contributed by atoms with E-state index >= 15 is 0 Å². The number of aliphatic hydroxyl groups is 1. The first kappa shape index (κ1) is 13.0. The highest BCUT2D eigenvalue weighted by atomic mass is 79.9. The number of anilines is 1. The summed E-state index contributed by atoms with van der Waals surface area (Å²) in [5.41, 5.74) is 0.0551. The average Bonchev–Trinajstić information content (AvgIpc) is 2.21. The first-order valence-electron chi connectivity index (χ1n) is 4.89. The van der Waals surface area contributed by atoms with E-state index in [0.29, 0.717) is 5.69 Å². The van der Waals surface area contributed by atoms with Crippen molar-refractivity contribution in [3.8, 4) is 0 Å². The zero-order valence-corrected chi connectivity index (χ0v) is 10.8. The normalized spacial score (nSPS) is 11.0. The number of benzene rings is 1. The summed E-state index contributed by atoms with van der Waals surface area (Å²) in [5.74, 6) is 0. The Morgan fingerprint density at radius 1 is 1.44 bits per heavy atom. The zero-order chi connectivity index (χ0) is 12.2. The van der Waals surface area contributed by atoms with Crippen molar-refractivity contribution in [1.82, 2.24) is 5.32 Å². The van der Waals surface area contributed by atoms with Gasteiger partial charge in [-0.3, -0.25) is 0 Å². The summed E-state index contributed by atoms with van der Waals surface area (Å²) in [7, 11) is 0. The first-order chi connectivity index (χ1) is 7.44. The van der Waals surface area contributed by atoms with E-state index < -0.39 is 5.54 Å². The van der Waals surface area contributed by atoms with E-state index in [-0.39, 0.29) is 12.6 Å². The number of para-hydroxylation sites is 1. The third-order valence-corrected chi connectivity index (χ3v) is 2.66. The summed E-state index contributed by atoms with van der Waals surface area (Å²) in [6, 6.07) is 6.98. The van der Waals surface area contributed by atoms with Gasteiger partial charge in [-0.15, -0.1) is 0 Å². The van der Waals surface area contributed by atoms with Crippen molar-refractivity contribution in [2.45, 2.75) is 19.4 Å². The second kappa shape index (κ2) is 5.32. The summed E-state index contributed by atoms with van der Waals surface area (Å²) in [4.78, 5) is 11.6. The predicted octanol–water partition coefficient (Wildman–Crippen LogP) is 2.34. The largest absolute Gasteiger partial charge is 0.394 e. The van der Waals surface area contributed by atoms with E-state index in [4.69, 9.17) is 5.11 Å². The standard InChI is InChI=1S/C11H15BrN2O2/c1-11(2,7-15)14-10(16)13-9-6-4-3-5-8(9)12/h3-6,15H,7H2,1-2H3,(H2,13,14,16). The van der Waals surface area contributed by atoms with Gasteiger partial charge < -0.3 is 15.7 Å². The highest BCUT2D eigenvalue weighted by Gasteiger charge is 2.19. The molecule has 1 aromatic carbocycles. The third kappa shape index (κ3) is 3.83. The topological polar surface area (TPSA) is 61.4 Å². The lowest BCUT2D eigenvalue weighted by Gasteiger charge is -2.23. The van der Waals surface area contributed by atoms with Gasteiger partial charge in [0.1, 0.15) is 0 Å². The predicted molar refractivity (Wildman–Crippen MR) is 67.5 cm³/mol. The Bertz CT molecular complexity index is 380. The summed E-state index contributed by atoms with van der Waals surface area (Å²) in [5, 5.41) is 14.4. The first-order valence-corrected chi connectivity index (χ1v) is 5.68. The van der Waals surface area contributed by atoms with E-state index in [1.807, 2.05) is 18.2 Å². The van der Waals surface area contributed by atoms with Gasteiger partial charge in [-0.1, -0.05) is 12.1 Å². The molecule has 0 radical (unpaired) electrons. The monoisotopic (exact) mass is 286 g/mol. The minimum Gasteiger partial charge on any atom is -0.394 e. The van der Waals surface area contributed by atoms with E-state index in [1.165, 1.54) is 0 Å². The van der Waals surface area contributed by atoms with Gasteiger partial charge in [0.15, 0.2) is 0 Å². The molecule has 0 unspecified atom stereocenters. The fourth-order valence-electron chi connectivity index (χ4n) is 1.06. The number of hydrogen-bond donors (Lipinski definition) is 3. The van der Waals surface area contributed by atoms with Crippen LogP contribution >= 0.6 is 15.9 Å².